The van der Waals surface area contributed by atoms with Gasteiger partial charge in [-0.3, -0.25) is 0 Å². The number of carbonyl (C=O) groups is 1. The van der Waals surface area contributed by atoms with Crippen molar-refractivity contribution in [3.05, 3.63) is 11.4 Å². The van der Waals surface area contributed by atoms with Crippen molar-refractivity contribution in [2.75, 3.05) is 7.11 Å². The normalized spacial score (nSPS) is 23.5. The number of carboxylic acid groups (broad SMARTS) is 1. The maximum atomic E-state index is 11.1. The number of aromatic carboxylic acids is 1. The Labute approximate surface area is 112 Å². The zero-order chi connectivity index (χ0) is 13.8. The van der Waals surface area contributed by atoms with Crippen molar-refractivity contribution in [1.29, 1.82) is 0 Å². The second-order valence-electron chi connectivity index (χ2n) is 5.15. The summed E-state index contributed by atoms with van der Waals surface area (Å²) in [6, 6.07) is 0.258. The summed E-state index contributed by atoms with van der Waals surface area (Å²) in [5.41, 5.74) is 0.592. The van der Waals surface area contributed by atoms with Crippen molar-refractivity contribution < 1.29 is 14.6 Å². The highest BCUT2D eigenvalue weighted by Crippen LogP contribution is 2.34. The molecule has 1 fully saturated rings. The molecule has 0 unspecified atom stereocenters. The van der Waals surface area contributed by atoms with E-state index in [0.29, 0.717) is 5.69 Å². The Morgan fingerprint density at radius 1 is 1.42 bits per heavy atom. The molecule has 1 aromatic heterocycles. The fourth-order valence-corrected chi connectivity index (χ4v) is 2.84. The highest BCUT2D eigenvalue weighted by atomic mass is 16.5. The van der Waals surface area contributed by atoms with E-state index in [9.17, 15) is 4.79 Å². The number of aromatic nitrogens is 3. The van der Waals surface area contributed by atoms with Gasteiger partial charge in [0, 0.05) is 7.11 Å². The summed E-state index contributed by atoms with van der Waals surface area (Å²) < 4.78 is 6.85. The van der Waals surface area contributed by atoms with Gasteiger partial charge < -0.3 is 9.84 Å². The van der Waals surface area contributed by atoms with Crippen LogP contribution >= 0.6 is 0 Å². The van der Waals surface area contributed by atoms with Crippen LogP contribution in [0.1, 0.15) is 61.3 Å². The average molecular weight is 267 g/mol. The summed E-state index contributed by atoms with van der Waals surface area (Å²) in [7, 11) is 1.55. The standard InChI is InChI=1S/C13H21N3O3/c1-3-9-4-6-10(7-5-9)16-11(8-19-2)12(13(17)18)14-15-16/h9-10H,3-8H2,1-2H3,(H,17,18). The third kappa shape index (κ3) is 2.94. The van der Waals surface area contributed by atoms with Gasteiger partial charge in [0.15, 0.2) is 5.69 Å². The van der Waals surface area contributed by atoms with Gasteiger partial charge in [-0.25, -0.2) is 9.48 Å². The van der Waals surface area contributed by atoms with Gasteiger partial charge in [0.1, 0.15) is 0 Å². The van der Waals surface area contributed by atoms with Gasteiger partial charge in [-0.15, -0.1) is 5.10 Å². The Bertz CT molecular complexity index is 436. The number of ether oxygens (including phenoxy) is 1. The molecule has 0 saturated heterocycles. The van der Waals surface area contributed by atoms with Crippen molar-refractivity contribution in [3.63, 3.8) is 0 Å². The van der Waals surface area contributed by atoms with E-state index in [4.69, 9.17) is 9.84 Å². The van der Waals surface area contributed by atoms with Crippen LogP contribution in [0, 0.1) is 5.92 Å². The molecule has 0 aliphatic heterocycles. The minimum atomic E-state index is -1.04. The van der Waals surface area contributed by atoms with Crippen molar-refractivity contribution in [2.24, 2.45) is 5.92 Å². The molecule has 0 spiro atoms. The van der Waals surface area contributed by atoms with Crippen LogP contribution in [0.15, 0.2) is 0 Å². The monoisotopic (exact) mass is 267 g/mol. The Morgan fingerprint density at radius 2 is 2.11 bits per heavy atom. The molecule has 0 atom stereocenters. The molecule has 1 heterocycles. The van der Waals surface area contributed by atoms with E-state index in [2.05, 4.69) is 17.2 Å². The summed E-state index contributed by atoms with van der Waals surface area (Å²) in [5, 5.41) is 16.9. The first-order valence-electron chi connectivity index (χ1n) is 6.83. The number of carboxylic acids is 1. The lowest BCUT2D eigenvalue weighted by atomic mass is 9.84. The van der Waals surface area contributed by atoms with Crippen molar-refractivity contribution in [1.82, 2.24) is 15.0 Å². The van der Waals surface area contributed by atoms with Crippen molar-refractivity contribution >= 4 is 5.97 Å². The van der Waals surface area contributed by atoms with Crippen molar-refractivity contribution in [3.8, 4) is 0 Å². The fraction of sp³-hybridized carbons (Fsp3) is 0.769. The van der Waals surface area contributed by atoms with Crippen LogP contribution < -0.4 is 0 Å². The lowest BCUT2D eigenvalue weighted by molar-refractivity contribution is 0.0684. The fourth-order valence-electron chi connectivity index (χ4n) is 2.84. The lowest BCUT2D eigenvalue weighted by Gasteiger charge is -2.28. The van der Waals surface area contributed by atoms with Crippen LogP contribution in [0.4, 0.5) is 0 Å². The van der Waals surface area contributed by atoms with Gasteiger partial charge >= 0.3 is 5.97 Å². The predicted molar refractivity (Wildman–Crippen MR) is 69.0 cm³/mol. The third-order valence-corrected chi connectivity index (χ3v) is 4.01. The van der Waals surface area contributed by atoms with Gasteiger partial charge in [0.2, 0.25) is 0 Å². The smallest absolute Gasteiger partial charge is 0.358 e. The molecule has 6 nitrogen and oxygen atoms in total. The topological polar surface area (TPSA) is 77.2 Å². The predicted octanol–water partition coefficient (Wildman–Crippen LogP) is 2.26. The van der Waals surface area contributed by atoms with Crippen LogP contribution in [0.25, 0.3) is 0 Å². The Kier molecular flexibility index (Phi) is 4.52. The zero-order valence-corrected chi connectivity index (χ0v) is 11.5. The highest BCUT2D eigenvalue weighted by molar-refractivity contribution is 5.86. The Morgan fingerprint density at radius 3 is 2.63 bits per heavy atom. The zero-order valence-electron chi connectivity index (χ0n) is 11.5. The Hall–Kier alpha value is -1.43. The van der Waals surface area contributed by atoms with Gasteiger partial charge in [0.25, 0.3) is 0 Å². The molecule has 1 aliphatic carbocycles. The molecule has 1 saturated carbocycles. The van der Waals surface area contributed by atoms with Gasteiger partial charge in [0.05, 0.1) is 18.3 Å². The molecular weight excluding hydrogens is 246 g/mol. The van der Waals surface area contributed by atoms with Gasteiger partial charge in [-0.2, -0.15) is 0 Å². The highest BCUT2D eigenvalue weighted by Gasteiger charge is 2.27. The molecule has 0 amide bonds. The largest absolute Gasteiger partial charge is 0.476 e. The molecule has 1 N–H and O–H groups in total. The first-order valence-corrected chi connectivity index (χ1v) is 6.83. The molecule has 106 valence electrons. The summed E-state index contributed by atoms with van der Waals surface area (Å²) >= 11 is 0. The number of nitrogens with zero attached hydrogens (tertiary/aromatic N) is 3. The second-order valence-corrected chi connectivity index (χ2v) is 5.15. The van der Waals surface area contributed by atoms with Crippen LogP contribution in [0.3, 0.4) is 0 Å². The van der Waals surface area contributed by atoms with Crippen LogP contribution in [-0.2, 0) is 11.3 Å². The molecule has 2 rings (SSSR count). The maximum Gasteiger partial charge on any atom is 0.358 e. The molecule has 6 heteroatoms. The van der Waals surface area contributed by atoms with E-state index >= 15 is 0 Å². The molecule has 19 heavy (non-hydrogen) atoms. The summed E-state index contributed by atoms with van der Waals surface area (Å²) in [6.45, 7) is 2.46. The minimum Gasteiger partial charge on any atom is -0.476 e. The number of methoxy groups -OCH3 is 1. The molecule has 0 aromatic carbocycles. The summed E-state index contributed by atoms with van der Waals surface area (Å²) in [4.78, 5) is 11.1. The lowest BCUT2D eigenvalue weighted by Crippen LogP contribution is -2.21. The first-order chi connectivity index (χ1) is 9.17. The number of rotatable bonds is 5. The minimum absolute atomic E-state index is 0.0134. The quantitative estimate of drug-likeness (QED) is 0.885. The Balaban J connectivity index is 2.18. The van der Waals surface area contributed by atoms with Gasteiger partial charge in [-0.05, 0) is 31.6 Å². The SMILES string of the molecule is CCC1CCC(n2nnc(C(=O)O)c2COC)CC1. The first kappa shape index (κ1) is 14.0. The maximum absolute atomic E-state index is 11.1. The number of hydrogen-bond acceptors (Lipinski definition) is 4. The van der Waals surface area contributed by atoms with E-state index in [0.717, 1.165) is 18.8 Å². The van der Waals surface area contributed by atoms with E-state index in [1.807, 2.05) is 0 Å². The van der Waals surface area contributed by atoms with Crippen LogP contribution in [0.2, 0.25) is 0 Å². The van der Waals surface area contributed by atoms with Crippen LogP contribution in [-0.4, -0.2) is 33.2 Å². The molecule has 1 aromatic rings. The molecule has 0 radical (unpaired) electrons. The molecular formula is C13H21N3O3. The average Bonchev–Trinajstić information content (AvgIpc) is 2.83. The third-order valence-electron chi connectivity index (χ3n) is 4.01. The van der Waals surface area contributed by atoms with E-state index < -0.39 is 5.97 Å². The van der Waals surface area contributed by atoms with Gasteiger partial charge in [-0.1, -0.05) is 18.6 Å². The van der Waals surface area contributed by atoms with Crippen molar-refractivity contribution in [2.45, 2.75) is 51.7 Å². The summed E-state index contributed by atoms with van der Waals surface area (Å²) in [5.74, 6) is -0.245. The summed E-state index contributed by atoms with van der Waals surface area (Å²) in [6.07, 6.45) is 5.65. The van der Waals surface area contributed by atoms with E-state index in [-0.39, 0.29) is 18.3 Å². The molecule has 1 aliphatic rings. The number of hydrogen-bond donors (Lipinski definition) is 1. The molecule has 0 bridgehead atoms. The second kappa shape index (κ2) is 6.14. The van der Waals surface area contributed by atoms with E-state index in [1.54, 1.807) is 11.8 Å². The van der Waals surface area contributed by atoms with Crippen LogP contribution in [0.5, 0.6) is 0 Å². The van der Waals surface area contributed by atoms with E-state index in [1.165, 1.54) is 19.3 Å².